The molecule has 0 fully saturated rings. The van der Waals surface area contributed by atoms with E-state index in [1.54, 1.807) is 0 Å². The van der Waals surface area contributed by atoms with Crippen molar-refractivity contribution >= 4 is 106 Å². The van der Waals surface area contributed by atoms with Crippen LogP contribution in [0.3, 0.4) is 0 Å². The van der Waals surface area contributed by atoms with Crippen LogP contribution in [0.4, 0.5) is 22.7 Å². The number of phenols is 1. The van der Waals surface area contributed by atoms with Gasteiger partial charge in [0, 0.05) is 10.8 Å². The molecule has 0 aliphatic heterocycles. The Bertz CT molecular complexity index is 3520. The molecule has 0 bridgehead atoms. The van der Waals surface area contributed by atoms with Gasteiger partial charge in [-0.15, -0.1) is 10.2 Å². The van der Waals surface area contributed by atoms with E-state index in [0.29, 0.717) is 18.2 Å². The minimum Gasteiger partial charge on any atom is -0.505 e. The fourth-order valence-corrected chi connectivity index (χ4v) is 8.96. The summed E-state index contributed by atoms with van der Waals surface area (Å²) in [5.41, 5.74) is -3.97. The number of aromatic hydroxyl groups is 1. The maximum atomic E-state index is 12.6. The third-order valence-electron chi connectivity index (χ3n) is 7.68. The first kappa shape index (κ1) is 42.1. The Morgan fingerprint density at radius 1 is 0.569 bits per heavy atom. The van der Waals surface area contributed by atoms with Gasteiger partial charge in [-0.2, -0.15) is 47.1 Å². The van der Waals surface area contributed by atoms with Gasteiger partial charge in [0.15, 0.2) is 5.75 Å². The summed E-state index contributed by atoms with van der Waals surface area (Å²) in [6.07, 6.45) is 0. The van der Waals surface area contributed by atoms with Crippen LogP contribution in [-0.4, -0.2) is 84.9 Å². The second kappa shape index (κ2) is 14.7. The molecule has 0 saturated carbocycles. The molecule has 0 unspecified atom stereocenters. The number of aromatic amines is 2. The van der Waals surface area contributed by atoms with E-state index in [2.05, 4.69) is 35.2 Å². The average molecular weight is 918 g/mol. The van der Waals surface area contributed by atoms with Gasteiger partial charge >= 0.3 is 0 Å². The van der Waals surface area contributed by atoms with Crippen molar-refractivity contribution in [2.24, 2.45) is 20.2 Å². The van der Waals surface area contributed by atoms with Crippen molar-refractivity contribution in [3.8, 4) is 5.75 Å². The topological polar surface area (TPSA) is 386 Å². The van der Waals surface area contributed by atoms with E-state index in [0.717, 1.165) is 42.5 Å². The lowest BCUT2D eigenvalue weighted by Crippen LogP contribution is -2.26. The molecule has 29 heteroatoms. The Kier molecular flexibility index (Phi) is 10.7. The van der Waals surface area contributed by atoms with Crippen LogP contribution in [0, 0.1) is 0 Å². The third kappa shape index (κ3) is 8.65. The van der Waals surface area contributed by atoms with Gasteiger partial charge in [0.05, 0.1) is 21.7 Å². The number of rotatable bonds is 9. The van der Waals surface area contributed by atoms with Gasteiger partial charge in [-0.25, -0.2) is 9.98 Å². The van der Waals surface area contributed by atoms with Crippen LogP contribution >= 0.6 is 11.6 Å². The Morgan fingerprint density at radius 2 is 1.21 bits per heavy atom. The maximum Gasteiger partial charge on any atom is 0.297 e. The predicted molar refractivity (Wildman–Crippen MR) is 198 cm³/mol. The van der Waals surface area contributed by atoms with E-state index in [1.165, 1.54) is 12.1 Å². The zero-order chi connectivity index (χ0) is 42.7. The number of fused-ring (bicyclic) bond motifs is 2. The van der Waals surface area contributed by atoms with Crippen molar-refractivity contribution in [2.45, 2.75) is 24.5 Å². The molecule has 0 atom stereocenters. The Labute approximate surface area is 329 Å². The van der Waals surface area contributed by atoms with Crippen LogP contribution in [-0.2, 0) is 50.6 Å². The number of hydrogen-bond donors (Lipinski definition) is 8. The number of nitrogens with zero attached hydrogens (tertiary/aromatic N) is 5. The first-order chi connectivity index (χ1) is 26.7. The predicted octanol–water partition coefficient (Wildman–Crippen LogP) is 3.52. The van der Waals surface area contributed by atoms with Gasteiger partial charge in [-0.3, -0.25) is 27.7 Å². The highest BCUT2D eigenvalue weighted by atomic mass is 35.5. The zero-order valence-electron chi connectivity index (χ0n) is 27.8. The fourth-order valence-electron chi connectivity index (χ4n) is 5.43. The molecule has 23 nitrogen and oxygen atoms in total. The van der Waals surface area contributed by atoms with E-state index >= 15 is 0 Å². The van der Waals surface area contributed by atoms with Crippen LogP contribution in [0.5, 0.6) is 5.75 Å². The quantitative estimate of drug-likeness (QED) is 0.0759. The second-order valence-corrected chi connectivity index (χ2v) is 18.8. The van der Waals surface area contributed by atoms with Crippen molar-refractivity contribution in [3.63, 3.8) is 0 Å². The number of hydrogen-bond acceptors (Lipinski definition) is 16. The van der Waals surface area contributed by atoms with Crippen LogP contribution < -0.4 is 11.2 Å². The lowest BCUT2D eigenvalue weighted by Gasteiger charge is -2.12. The Balaban J connectivity index is 1.66. The molecule has 0 radical (unpaired) electrons. The van der Waals surface area contributed by atoms with Crippen LogP contribution in [0.15, 0.2) is 117 Å². The molecule has 0 amide bonds. The van der Waals surface area contributed by atoms with Crippen molar-refractivity contribution < 1.29 is 70.0 Å². The SMILES string of the molecule is O=S(=O)(O)c1cc(N=c2[nH]c(Cl)nc(=Nc3ccc4c(S(=O)(=O)O)cccc4c3S(=O)(=O)O)[nH]2)c2c(O)c(N=Nc3ccccc3S(=O)(=O)O)c(S(=O)(=O)O)cc2c1. The lowest BCUT2D eigenvalue weighted by atomic mass is 10.1. The minimum atomic E-state index is -5.37. The van der Waals surface area contributed by atoms with Crippen molar-refractivity contribution in [2.75, 3.05) is 0 Å². The fraction of sp³-hybridized carbons (Fsp3) is 0. The average Bonchev–Trinajstić information content (AvgIpc) is 3.08. The van der Waals surface area contributed by atoms with Crippen LogP contribution in [0.2, 0.25) is 5.28 Å². The molecule has 0 saturated heterocycles. The number of benzene rings is 5. The molecule has 0 aliphatic carbocycles. The number of halogens is 1. The van der Waals surface area contributed by atoms with Crippen LogP contribution in [0.1, 0.15) is 0 Å². The molecular formula is C29H20ClN7O16S5. The molecule has 6 aromatic rings. The molecular weight excluding hydrogens is 898 g/mol. The number of azo groups is 1. The molecule has 1 heterocycles. The third-order valence-corrected chi connectivity index (χ3v) is 12.3. The molecule has 0 spiro atoms. The summed E-state index contributed by atoms with van der Waals surface area (Å²) < 4.78 is 172. The summed E-state index contributed by atoms with van der Waals surface area (Å²) in [4.78, 5) is 12.3. The molecule has 8 N–H and O–H groups in total. The monoisotopic (exact) mass is 917 g/mol. The van der Waals surface area contributed by atoms with Crippen LogP contribution in [0.25, 0.3) is 21.5 Å². The summed E-state index contributed by atoms with van der Waals surface area (Å²) >= 11 is 6.14. The summed E-state index contributed by atoms with van der Waals surface area (Å²) in [5, 5.41) is 16.3. The van der Waals surface area contributed by atoms with Crippen molar-refractivity contribution in [1.29, 1.82) is 0 Å². The Hall–Kier alpha value is -5.53. The van der Waals surface area contributed by atoms with Gasteiger partial charge in [-0.05, 0) is 59.5 Å². The summed E-state index contributed by atoms with van der Waals surface area (Å²) in [6.45, 7) is 0. The molecule has 0 aliphatic rings. The van der Waals surface area contributed by atoms with Gasteiger partial charge in [0.2, 0.25) is 16.5 Å². The van der Waals surface area contributed by atoms with Crippen molar-refractivity contribution in [3.05, 3.63) is 89.3 Å². The number of aromatic nitrogens is 3. The van der Waals surface area contributed by atoms with Gasteiger partial charge < -0.3 is 10.1 Å². The highest BCUT2D eigenvalue weighted by molar-refractivity contribution is 7.87. The molecule has 304 valence electrons. The highest BCUT2D eigenvalue weighted by Crippen LogP contribution is 2.46. The zero-order valence-corrected chi connectivity index (χ0v) is 32.7. The molecule has 5 aromatic carbocycles. The largest absolute Gasteiger partial charge is 0.505 e. The van der Waals surface area contributed by atoms with E-state index < -0.39 is 136 Å². The first-order valence-electron chi connectivity index (χ1n) is 15.0. The first-order valence-corrected chi connectivity index (χ1v) is 22.5. The smallest absolute Gasteiger partial charge is 0.297 e. The number of H-pyrrole nitrogens is 2. The van der Waals surface area contributed by atoms with E-state index in [-0.39, 0.29) is 5.39 Å². The second-order valence-electron chi connectivity index (χ2n) is 11.5. The minimum absolute atomic E-state index is 0.326. The van der Waals surface area contributed by atoms with Gasteiger partial charge in [0.1, 0.15) is 31.0 Å². The lowest BCUT2D eigenvalue weighted by molar-refractivity contribution is 0.471. The summed E-state index contributed by atoms with van der Waals surface area (Å²) in [7, 11) is -25.5. The summed E-state index contributed by atoms with van der Waals surface area (Å²) in [6, 6.07) is 11.5. The standard InChI is InChI=1S/C29H20ClN7O16S5/c30-27-33-28(31-18-9-8-15-16(26(18)58(51,52)53)4-3-7-20(15)55(42,43)44)35-29(34-27)32-19-12-14(54(39,40)41)10-13-11-22(57(48,49)50)24(25(38)23(13)19)37-36-17-5-1-2-6-21(17)56(45,46)47/h1-12,38H,(H,39,40,41)(H,42,43,44)(H,45,46,47)(H,48,49,50)(H,51,52,53)(H2,31,32,33,34,35). The normalized spacial score (nSPS) is 13.9. The maximum absolute atomic E-state index is 12.6. The number of phenolic OH excluding ortho intramolecular Hbond substituents is 1. The molecule has 58 heavy (non-hydrogen) atoms. The molecule has 6 rings (SSSR count). The van der Waals surface area contributed by atoms with Gasteiger partial charge in [-0.1, -0.05) is 30.3 Å². The van der Waals surface area contributed by atoms with E-state index in [1.807, 2.05) is 0 Å². The molecule has 1 aromatic heterocycles. The van der Waals surface area contributed by atoms with Gasteiger partial charge in [0.25, 0.3) is 50.6 Å². The summed E-state index contributed by atoms with van der Waals surface area (Å²) in [5.74, 6) is -1.18. The Morgan fingerprint density at radius 3 is 1.83 bits per heavy atom. The van der Waals surface area contributed by atoms with E-state index in [4.69, 9.17) is 11.6 Å². The van der Waals surface area contributed by atoms with E-state index in [9.17, 15) is 70.0 Å². The number of nitrogens with one attached hydrogen (secondary N) is 2. The highest BCUT2D eigenvalue weighted by Gasteiger charge is 2.27. The van der Waals surface area contributed by atoms with Crippen molar-refractivity contribution in [1.82, 2.24) is 15.0 Å².